The Morgan fingerprint density at radius 3 is 2.91 bits per heavy atom. The molecule has 2 fully saturated rings. The summed E-state index contributed by atoms with van der Waals surface area (Å²) in [6.07, 6.45) is 3.90. The number of thiazole rings is 1. The molecule has 0 aromatic carbocycles. The molecule has 1 saturated heterocycles. The van der Waals surface area contributed by atoms with Crippen molar-refractivity contribution in [3.05, 3.63) is 11.1 Å². The molecule has 1 aromatic heterocycles. The summed E-state index contributed by atoms with van der Waals surface area (Å²) in [4.78, 5) is 29.7. The van der Waals surface area contributed by atoms with Gasteiger partial charge in [-0.2, -0.15) is 0 Å². The average molecular weight is 339 g/mol. The lowest BCUT2D eigenvalue weighted by Gasteiger charge is -2.29. The SMILES string of the molecule is CO[C@@H]1CCCC[C@@H]1OC(=O)Cc1csc(N2CCNC2=O)n1. The number of hydrogen-bond acceptors (Lipinski definition) is 6. The normalized spacial score (nSPS) is 24.6. The van der Waals surface area contributed by atoms with Gasteiger partial charge in [0, 0.05) is 25.6 Å². The van der Waals surface area contributed by atoms with Gasteiger partial charge in [-0.25, -0.2) is 9.78 Å². The fraction of sp³-hybridized carbons (Fsp3) is 0.667. The Morgan fingerprint density at radius 1 is 1.43 bits per heavy atom. The molecule has 0 unspecified atom stereocenters. The van der Waals surface area contributed by atoms with Crippen molar-refractivity contribution in [2.24, 2.45) is 0 Å². The van der Waals surface area contributed by atoms with Gasteiger partial charge in [-0.1, -0.05) is 6.42 Å². The minimum Gasteiger partial charge on any atom is -0.459 e. The topological polar surface area (TPSA) is 80.8 Å². The number of carbonyl (C=O) groups is 2. The van der Waals surface area contributed by atoms with Crippen LogP contribution in [0.3, 0.4) is 0 Å². The fourth-order valence-electron chi connectivity index (χ4n) is 2.98. The van der Waals surface area contributed by atoms with Crippen LogP contribution in [0.4, 0.5) is 9.93 Å². The largest absolute Gasteiger partial charge is 0.459 e. The Balaban J connectivity index is 1.55. The number of ether oxygens (including phenoxy) is 2. The summed E-state index contributed by atoms with van der Waals surface area (Å²) in [7, 11) is 1.66. The van der Waals surface area contributed by atoms with Gasteiger partial charge in [-0.3, -0.25) is 9.69 Å². The Morgan fingerprint density at radius 2 is 2.22 bits per heavy atom. The number of esters is 1. The van der Waals surface area contributed by atoms with Crippen molar-refractivity contribution < 1.29 is 19.1 Å². The highest BCUT2D eigenvalue weighted by atomic mass is 32.1. The summed E-state index contributed by atoms with van der Waals surface area (Å²) >= 11 is 1.37. The van der Waals surface area contributed by atoms with Crippen molar-refractivity contribution in [2.75, 3.05) is 25.1 Å². The molecular formula is C15H21N3O4S. The molecule has 2 atom stereocenters. The van der Waals surface area contributed by atoms with Crippen LogP contribution in [0.25, 0.3) is 0 Å². The summed E-state index contributed by atoms with van der Waals surface area (Å²) in [6.45, 7) is 1.23. The van der Waals surface area contributed by atoms with E-state index in [0.29, 0.717) is 23.9 Å². The van der Waals surface area contributed by atoms with Crippen LogP contribution in [0.15, 0.2) is 5.38 Å². The maximum Gasteiger partial charge on any atom is 0.323 e. The van der Waals surface area contributed by atoms with E-state index in [1.54, 1.807) is 17.4 Å². The second-order valence-electron chi connectivity index (χ2n) is 5.77. The van der Waals surface area contributed by atoms with Gasteiger partial charge < -0.3 is 14.8 Å². The van der Waals surface area contributed by atoms with Crippen LogP contribution < -0.4 is 10.2 Å². The lowest BCUT2D eigenvalue weighted by atomic mass is 9.94. The number of nitrogens with one attached hydrogen (secondary N) is 1. The number of carbonyl (C=O) groups excluding carboxylic acids is 2. The Kier molecular flexibility index (Phi) is 5.12. The third-order valence-electron chi connectivity index (χ3n) is 4.18. The highest BCUT2D eigenvalue weighted by molar-refractivity contribution is 7.14. The minimum absolute atomic E-state index is 0.00742. The van der Waals surface area contributed by atoms with Crippen LogP contribution in [-0.2, 0) is 20.7 Å². The summed E-state index contributed by atoms with van der Waals surface area (Å²) in [5.74, 6) is -0.290. The molecule has 7 nitrogen and oxygen atoms in total. The zero-order valence-corrected chi connectivity index (χ0v) is 13.9. The first-order chi connectivity index (χ1) is 11.2. The van der Waals surface area contributed by atoms with Crippen molar-refractivity contribution in [1.82, 2.24) is 10.3 Å². The quantitative estimate of drug-likeness (QED) is 0.826. The molecular weight excluding hydrogens is 318 g/mol. The first-order valence-electron chi connectivity index (χ1n) is 7.89. The van der Waals surface area contributed by atoms with Crippen molar-refractivity contribution in [3.8, 4) is 0 Å². The van der Waals surface area contributed by atoms with Crippen LogP contribution in [0.2, 0.25) is 0 Å². The van der Waals surface area contributed by atoms with Crippen LogP contribution >= 0.6 is 11.3 Å². The number of nitrogens with zero attached hydrogens (tertiary/aromatic N) is 2. The Bertz CT molecular complexity index is 577. The van der Waals surface area contributed by atoms with Crippen LogP contribution in [0, 0.1) is 0 Å². The van der Waals surface area contributed by atoms with Gasteiger partial charge in [0.1, 0.15) is 6.10 Å². The smallest absolute Gasteiger partial charge is 0.323 e. The molecule has 1 aliphatic heterocycles. The molecule has 23 heavy (non-hydrogen) atoms. The highest BCUT2D eigenvalue weighted by Gasteiger charge is 2.29. The van der Waals surface area contributed by atoms with Gasteiger partial charge in [0.25, 0.3) is 0 Å². The fourth-order valence-corrected chi connectivity index (χ4v) is 3.83. The van der Waals surface area contributed by atoms with Crippen molar-refractivity contribution in [3.63, 3.8) is 0 Å². The maximum atomic E-state index is 12.1. The number of methoxy groups -OCH3 is 1. The molecule has 3 rings (SSSR count). The van der Waals surface area contributed by atoms with E-state index in [4.69, 9.17) is 9.47 Å². The van der Waals surface area contributed by atoms with E-state index < -0.39 is 0 Å². The third-order valence-corrected chi connectivity index (χ3v) is 5.09. The standard InChI is InChI=1S/C15H21N3O4S/c1-21-11-4-2-3-5-12(11)22-13(19)8-10-9-23-15(17-10)18-7-6-16-14(18)20/h9,11-12H,2-8H2,1H3,(H,16,20)/t11-,12+/m1/s1. The van der Waals surface area contributed by atoms with Gasteiger partial charge in [0.2, 0.25) is 0 Å². The third kappa shape index (κ3) is 3.81. The van der Waals surface area contributed by atoms with Gasteiger partial charge in [-0.05, 0) is 19.3 Å². The van der Waals surface area contributed by atoms with E-state index in [2.05, 4.69) is 10.3 Å². The molecule has 2 aliphatic rings. The number of urea groups is 1. The molecule has 2 heterocycles. The van der Waals surface area contributed by atoms with Crippen molar-refractivity contribution in [1.29, 1.82) is 0 Å². The molecule has 8 heteroatoms. The lowest BCUT2D eigenvalue weighted by molar-refractivity contribution is -0.158. The molecule has 2 amide bonds. The van der Waals surface area contributed by atoms with E-state index in [0.717, 1.165) is 25.7 Å². The van der Waals surface area contributed by atoms with Crippen LogP contribution in [0.5, 0.6) is 0 Å². The number of hydrogen-bond donors (Lipinski definition) is 1. The Hall–Kier alpha value is -1.67. The van der Waals surface area contributed by atoms with Gasteiger partial charge in [0.15, 0.2) is 5.13 Å². The molecule has 1 saturated carbocycles. The van der Waals surface area contributed by atoms with Crippen LogP contribution in [0.1, 0.15) is 31.4 Å². The summed E-state index contributed by atoms with van der Waals surface area (Å²) < 4.78 is 11.0. The summed E-state index contributed by atoms with van der Waals surface area (Å²) in [6, 6.07) is -0.140. The number of anilines is 1. The lowest BCUT2D eigenvalue weighted by Crippen LogP contribution is -2.36. The van der Waals surface area contributed by atoms with Crippen molar-refractivity contribution in [2.45, 2.75) is 44.3 Å². The number of amides is 2. The van der Waals surface area contributed by atoms with E-state index in [1.165, 1.54) is 11.3 Å². The molecule has 1 N–H and O–H groups in total. The maximum absolute atomic E-state index is 12.1. The molecule has 126 valence electrons. The van der Waals surface area contributed by atoms with E-state index in [-0.39, 0.29) is 30.6 Å². The zero-order valence-electron chi connectivity index (χ0n) is 13.1. The molecule has 1 aliphatic carbocycles. The van der Waals surface area contributed by atoms with E-state index >= 15 is 0 Å². The zero-order chi connectivity index (χ0) is 16.2. The molecule has 0 radical (unpaired) electrons. The highest BCUT2D eigenvalue weighted by Crippen LogP contribution is 2.25. The van der Waals surface area contributed by atoms with E-state index in [1.807, 2.05) is 0 Å². The molecule has 0 spiro atoms. The predicted octanol–water partition coefficient (Wildman–Crippen LogP) is 1.72. The first kappa shape index (κ1) is 16.2. The first-order valence-corrected chi connectivity index (χ1v) is 8.77. The monoisotopic (exact) mass is 339 g/mol. The second kappa shape index (κ2) is 7.27. The Labute approximate surface area is 139 Å². The van der Waals surface area contributed by atoms with Crippen LogP contribution in [-0.4, -0.2) is 49.4 Å². The van der Waals surface area contributed by atoms with Gasteiger partial charge in [-0.15, -0.1) is 11.3 Å². The summed E-state index contributed by atoms with van der Waals surface area (Å²) in [5, 5.41) is 5.15. The molecule has 0 bridgehead atoms. The minimum atomic E-state index is -0.290. The molecule has 1 aromatic rings. The second-order valence-corrected chi connectivity index (χ2v) is 6.61. The van der Waals surface area contributed by atoms with Gasteiger partial charge in [0.05, 0.1) is 18.2 Å². The summed E-state index contributed by atoms with van der Waals surface area (Å²) in [5.41, 5.74) is 0.638. The number of aromatic nitrogens is 1. The predicted molar refractivity (Wildman–Crippen MR) is 85.7 cm³/mol. The van der Waals surface area contributed by atoms with Gasteiger partial charge >= 0.3 is 12.0 Å². The van der Waals surface area contributed by atoms with E-state index in [9.17, 15) is 9.59 Å². The van der Waals surface area contributed by atoms with Crippen molar-refractivity contribution >= 4 is 28.5 Å². The number of rotatable bonds is 5. The average Bonchev–Trinajstić information content (AvgIpc) is 3.16.